The van der Waals surface area contributed by atoms with Crippen LogP contribution in [0.5, 0.6) is 11.6 Å². The maximum Gasteiger partial charge on any atom is 0.229 e. The number of benzene rings is 1. The van der Waals surface area contributed by atoms with Crippen LogP contribution in [-0.4, -0.2) is 43.4 Å². The molecule has 3 rings (SSSR count). The summed E-state index contributed by atoms with van der Waals surface area (Å²) in [5, 5.41) is 0. The highest BCUT2D eigenvalue weighted by Gasteiger charge is 2.13. The summed E-state index contributed by atoms with van der Waals surface area (Å²) in [6, 6.07) is 8.79. The molecule has 0 amide bonds. The minimum atomic E-state index is -3.45. The molecule has 8 nitrogen and oxygen atoms in total. The number of hydrogen-bond acceptors (Lipinski definition) is 6. The number of sulfonamides is 1. The van der Waals surface area contributed by atoms with Gasteiger partial charge in [0, 0.05) is 35.9 Å². The van der Waals surface area contributed by atoms with Gasteiger partial charge in [0.05, 0.1) is 26.2 Å². The van der Waals surface area contributed by atoms with E-state index in [4.69, 9.17) is 9.47 Å². The fourth-order valence-electron chi connectivity index (χ4n) is 2.51. The van der Waals surface area contributed by atoms with Crippen LogP contribution in [0.2, 0.25) is 0 Å². The minimum Gasteiger partial charge on any atom is -0.495 e. The zero-order valence-corrected chi connectivity index (χ0v) is 15.3. The van der Waals surface area contributed by atoms with Gasteiger partial charge in [-0.05, 0) is 24.3 Å². The number of ether oxygens (including phenoxy) is 2. The SMILES string of the molecule is COc1cc(-c2nccn2-c2ccc(OC)c(NS(C)(=O)=O)c2)ccn1. The number of nitrogens with one attached hydrogen (secondary N) is 1. The van der Waals surface area contributed by atoms with Crippen molar-refractivity contribution in [3.63, 3.8) is 0 Å². The molecule has 0 spiro atoms. The highest BCUT2D eigenvalue weighted by Crippen LogP contribution is 2.30. The van der Waals surface area contributed by atoms with E-state index in [0.29, 0.717) is 23.1 Å². The maximum atomic E-state index is 11.6. The lowest BCUT2D eigenvalue weighted by Crippen LogP contribution is -2.11. The van der Waals surface area contributed by atoms with Crippen LogP contribution in [0.1, 0.15) is 0 Å². The third-order valence-corrected chi connectivity index (χ3v) is 4.19. The van der Waals surface area contributed by atoms with E-state index in [-0.39, 0.29) is 0 Å². The van der Waals surface area contributed by atoms with Crippen LogP contribution in [0.25, 0.3) is 17.1 Å². The second-order valence-electron chi connectivity index (χ2n) is 5.47. The van der Waals surface area contributed by atoms with Crippen molar-refractivity contribution in [1.29, 1.82) is 0 Å². The molecule has 0 radical (unpaired) electrons. The van der Waals surface area contributed by atoms with Crippen molar-refractivity contribution < 1.29 is 17.9 Å². The average molecular weight is 374 g/mol. The van der Waals surface area contributed by atoms with Gasteiger partial charge in [0.2, 0.25) is 15.9 Å². The molecule has 0 aliphatic carbocycles. The van der Waals surface area contributed by atoms with Crippen LogP contribution in [0.3, 0.4) is 0 Å². The van der Waals surface area contributed by atoms with Gasteiger partial charge in [-0.25, -0.2) is 18.4 Å². The third-order valence-electron chi connectivity index (χ3n) is 3.60. The Hall–Kier alpha value is -3.07. The first-order valence-corrected chi connectivity index (χ1v) is 9.50. The third kappa shape index (κ3) is 3.77. The Balaban J connectivity index is 2.08. The monoisotopic (exact) mass is 374 g/mol. The highest BCUT2D eigenvalue weighted by molar-refractivity contribution is 7.92. The van der Waals surface area contributed by atoms with Crippen LogP contribution in [0.15, 0.2) is 48.9 Å². The summed E-state index contributed by atoms with van der Waals surface area (Å²) >= 11 is 0. The van der Waals surface area contributed by atoms with Gasteiger partial charge in [-0.2, -0.15) is 0 Å². The van der Waals surface area contributed by atoms with Crippen molar-refractivity contribution in [2.75, 3.05) is 25.2 Å². The Labute approximate surface area is 151 Å². The lowest BCUT2D eigenvalue weighted by atomic mass is 10.2. The molecular weight excluding hydrogens is 356 g/mol. The largest absolute Gasteiger partial charge is 0.495 e. The predicted molar refractivity (Wildman–Crippen MR) is 98.4 cm³/mol. The van der Waals surface area contributed by atoms with Crippen molar-refractivity contribution in [2.24, 2.45) is 0 Å². The molecule has 1 N–H and O–H groups in total. The summed E-state index contributed by atoms with van der Waals surface area (Å²) in [6.07, 6.45) is 6.17. The van der Waals surface area contributed by atoms with Crippen LogP contribution in [0.4, 0.5) is 5.69 Å². The van der Waals surface area contributed by atoms with Gasteiger partial charge < -0.3 is 9.47 Å². The van der Waals surface area contributed by atoms with Crippen LogP contribution < -0.4 is 14.2 Å². The van der Waals surface area contributed by atoms with E-state index in [2.05, 4.69) is 14.7 Å². The van der Waals surface area contributed by atoms with Crippen LogP contribution in [-0.2, 0) is 10.0 Å². The number of imidazole rings is 1. The fourth-order valence-corrected chi connectivity index (χ4v) is 3.07. The Morgan fingerprint density at radius 2 is 1.85 bits per heavy atom. The Morgan fingerprint density at radius 3 is 2.54 bits per heavy atom. The minimum absolute atomic E-state index is 0.347. The first-order valence-electron chi connectivity index (χ1n) is 7.61. The number of anilines is 1. The molecule has 0 saturated heterocycles. The molecule has 0 aliphatic rings. The van der Waals surface area contributed by atoms with Gasteiger partial charge in [0.25, 0.3) is 0 Å². The molecule has 0 aliphatic heterocycles. The summed E-state index contributed by atoms with van der Waals surface area (Å²) in [5.74, 6) is 1.57. The molecule has 0 saturated carbocycles. The molecule has 136 valence electrons. The average Bonchev–Trinajstić information content (AvgIpc) is 3.10. The van der Waals surface area contributed by atoms with E-state index in [0.717, 1.165) is 17.5 Å². The van der Waals surface area contributed by atoms with E-state index >= 15 is 0 Å². The van der Waals surface area contributed by atoms with E-state index < -0.39 is 10.0 Å². The molecule has 0 atom stereocenters. The second-order valence-corrected chi connectivity index (χ2v) is 7.21. The Bertz CT molecular complexity index is 1030. The molecular formula is C17H18N4O4S. The lowest BCUT2D eigenvalue weighted by molar-refractivity contribution is 0.398. The Morgan fingerprint density at radius 1 is 1.04 bits per heavy atom. The van der Waals surface area contributed by atoms with Crippen LogP contribution in [0, 0.1) is 0 Å². The standard InChI is InChI=1S/C17H18N4O4S/c1-24-15-5-4-13(11-14(15)20-26(3,22)23)21-9-8-19-17(21)12-6-7-18-16(10-12)25-2/h4-11,20H,1-3H3. The van der Waals surface area contributed by atoms with Gasteiger partial charge in [-0.3, -0.25) is 9.29 Å². The molecule has 3 aromatic rings. The molecule has 2 aromatic heterocycles. The van der Waals surface area contributed by atoms with Gasteiger partial charge in [0.15, 0.2) is 0 Å². The first-order chi connectivity index (χ1) is 12.4. The van der Waals surface area contributed by atoms with Crippen molar-refractivity contribution in [2.45, 2.75) is 0 Å². The second kappa shape index (κ2) is 7.04. The van der Waals surface area contributed by atoms with Gasteiger partial charge in [0.1, 0.15) is 11.6 Å². The quantitative estimate of drug-likeness (QED) is 0.711. The molecule has 0 bridgehead atoms. The van der Waals surface area contributed by atoms with Crippen molar-refractivity contribution in [1.82, 2.24) is 14.5 Å². The van der Waals surface area contributed by atoms with Crippen molar-refractivity contribution >= 4 is 15.7 Å². The number of pyridine rings is 1. The van der Waals surface area contributed by atoms with Gasteiger partial charge >= 0.3 is 0 Å². The van der Waals surface area contributed by atoms with E-state index in [1.54, 1.807) is 43.9 Å². The summed E-state index contributed by atoms with van der Waals surface area (Å²) in [7, 11) is -0.419. The summed E-state index contributed by atoms with van der Waals surface area (Å²) in [4.78, 5) is 8.49. The zero-order valence-electron chi connectivity index (χ0n) is 14.5. The molecule has 2 heterocycles. The van der Waals surface area contributed by atoms with Crippen molar-refractivity contribution in [3.8, 4) is 28.7 Å². The Kier molecular flexibility index (Phi) is 4.81. The van der Waals surface area contributed by atoms with E-state index in [1.165, 1.54) is 7.11 Å². The molecule has 9 heteroatoms. The maximum absolute atomic E-state index is 11.6. The lowest BCUT2D eigenvalue weighted by Gasteiger charge is -2.14. The molecule has 1 aromatic carbocycles. The topological polar surface area (TPSA) is 95.3 Å². The summed E-state index contributed by atoms with van der Waals surface area (Å²) < 4.78 is 37.9. The number of aromatic nitrogens is 3. The van der Waals surface area contributed by atoms with Gasteiger partial charge in [-0.15, -0.1) is 0 Å². The van der Waals surface area contributed by atoms with Gasteiger partial charge in [-0.1, -0.05) is 0 Å². The fraction of sp³-hybridized carbons (Fsp3) is 0.176. The number of rotatable bonds is 6. The number of nitrogens with zero attached hydrogens (tertiary/aromatic N) is 3. The molecule has 26 heavy (non-hydrogen) atoms. The number of methoxy groups -OCH3 is 2. The zero-order chi connectivity index (χ0) is 18.7. The first kappa shape index (κ1) is 17.7. The van der Waals surface area contributed by atoms with E-state index in [1.807, 2.05) is 16.7 Å². The highest BCUT2D eigenvalue weighted by atomic mass is 32.2. The number of hydrogen-bond donors (Lipinski definition) is 1. The summed E-state index contributed by atoms with van der Waals surface area (Å²) in [5.41, 5.74) is 1.88. The van der Waals surface area contributed by atoms with Crippen LogP contribution >= 0.6 is 0 Å². The summed E-state index contributed by atoms with van der Waals surface area (Å²) in [6.45, 7) is 0. The predicted octanol–water partition coefficient (Wildman–Crippen LogP) is 2.32. The smallest absolute Gasteiger partial charge is 0.229 e. The van der Waals surface area contributed by atoms with E-state index in [9.17, 15) is 8.42 Å². The molecule has 0 unspecified atom stereocenters. The van der Waals surface area contributed by atoms with Crippen molar-refractivity contribution in [3.05, 3.63) is 48.9 Å². The molecule has 0 fully saturated rings. The normalized spacial score (nSPS) is 11.2.